The molecule has 0 unspecified atom stereocenters. The van der Waals surface area contributed by atoms with E-state index in [1.54, 1.807) is 0 Å². The third-order valence-corrected chi connectivity index (χ3v) is 2.17. The first-order valence-electron chi connectivity index (χ1n) is 4.47. The summed E-state index contributed by atoms with van der Waals surface area (Å²) in [4.78, 5) is 11.8. The Labute approximate surface area is 91.2 Å². The number of alkyl halides is 3. The number of hydrogen-bond acceptors (Lipinski definition) is 1. The molecule has 1 atom stereocenters. The van der Waals surface area contributed by atoms with Crippen molar-refractivity contribution in [3.8, 4) is 0 Å². The molecule has 0 fully saturated rings. The molecular weight excluding hydrogens is 226 g/mol. The van der Waals surface area contributed by atoms with Gasteiger partial charge in [0, 0.05) is 7.05 Å². The molecule has 0 aliphatic carbocycles. The molecule has 6 heteroatoms. The van der Waals surface area contributed by atoms with Crippen LogP contribution >= 0.6 is 0 Å². The van der Waals surface area contributed by atoms with Crippen LogP contribution < -0.4 is 0 Å². The van der Waals surface area contributed by atoms with Crippen molar-refractivity contribution in [1.29, 1.82) is 0 Å². The van der Waals surface area contributed by atoms with Crippen molar-refractivity contribution >= 4 is 5.91 Å². The van der Waals surface area contributed by atoms with E-state index < -0.39 is 29.5 Å². The number of hydrogen-bond donors (Lipinski definition) is 0. The zero-order chi connectivity index (χ0) is 13.1. The Bertz CT molecular complexity index is 319. The molecule has 0 spiro atoms. The number of rotatable bonds is 3. The van der Waals surface area contributed by atoms with Gasteiger partial charge in [0.05, 0.1) is 5.57 Å². The van der Waals surface area contributed by atoms with Gasteiger partial charge in [-0.15, -0.1) is 0 Å². The SMILES string of the molecule is C=C(C(=O)N(C)[C@@H](C)C(F)(F)F)/C(F)=C\C. The van der Waals surface area contributed by atoms with Gasteiger partial charge in [0.2, 0.25) is 0 Å². The van der Waals surface area contributed by atoms with E-state index in [0.29, 0.717) is 4.90 Å². The topological polar surface area (TPSA) is 20.3 Å². The van der Waals surface area contributed by atoms with E-state index in [1.165, 1.54) is 6.92 Å². The maximum absolute atomic E-state index is 12.9. The van der Waals surface area contributed by atoms with Gasteiger partial charge >= 0.3 is 6.18 Å². The summed E-state index contributed by atoms with van der Waals surface area (Å²) in [6.45, 7) is 5.25. The Balaban J connectivity index is 4.83. The molecule has 0 bridgehead atoms. The number of halogens is 4. The Morgan fingerprint density at radius 3 is 2.19 bits per heavy atom. The van der Waals surface area contributed by atoms with E-state index >= 15 is 0 Å². The van der Waals surface area contributed by atoms with Gasteiger partial charge in [0.1, 0.15) is 11.9 Å². The minimum absolute atomic E-state index is 0.408. The molecule has 2 nitrogen and oxygen atoms in total. The second-order valence-corrected chi connectivity index (χ2v) is 3.25. The van der Waals surface area contributed by atoms with Crippen LogP contribution in [0.15, 0.2) is 24.1 Å². The second kappa shape index (κ2) is 5.14. The van der Waals surface area contributed by atoms with E-state index in [1.807, 2.05) is 0 Å². The van der Waals surface area contributed by atoms with Gasteiger partial charge in [-0.3, -0.25) is 4.79 Å². The van der Waals surface area contributed by atoms with E-state index in [0.717, 1.165) is 20.0 Å². The van der Waals surface area contributed by atoms with Crippen LogP contribution in [0.4, 0.5) is 17.6 Å². The standard InChI is InChI=1S/C10H13F4NO/c1-5-8(11)6(2)9(16)15(4)7(3)10(12,13)14/h5,7H,2H2,1,3-4H3/b8-5+/t7-/m0/s1. The number of carbonyl (C=O) groups is 1. The van der Waals surface area contributed by atoms with Crippen LogP contribution in [-0.4, -0.2) is 30.1 Å². The number of likely N-dealkylation sites (N-methyl/N-ethyl adjacent to an activating group) is 1. The van der Waals surface area contributed by atoms with Crippen molar-refractivity contribution in [1.82, 2.24) is 4.90 Å². The van der Waals surface area contributed by atoms with Gasteiger partial charge in [-0.05, 0) is 13.8 Å². The third kappa shape index (κ3) is 3.36. The average Bonchev–Trinajstić information content (AvgIpc) is 2.22. The molecule has 92 valence electrons. The molecule has 0 aromatic carbocycles. The molecule has 0 aromatic heterocycles. The monoisotopic (exact) mass is 239 g/mol. The molecule has 0 saturated heterocycles. The number of carbonyl (C=O) groups excluding carboxylic acids is 1. The first-order chi connectivity index (χ1) is 7.12. The highest BCUT2D eigenvalue weighted by Gasteiger charge is 2.41. The summed E-state index contributed by atoms with van der Waals surface area (Å²) in [5.41, 5.74) is -0.582. The van der Waals surface area contributed by atoms with Crippen LogP contribution in [0.2, 0.25) is 0 Å². The van der Waals surface area contributed by atoms with Crippen molar-refractivity contribution in [2.75, 3.05) is 7.05 Å². The van der Waals surface area contributed by atoms with Gasteiger partial charge in [-0.2, -0.15) is 13.2 Å². The highest BCUT2D eigenvalue weighted by atomic mass is 19.4. The van der Waals surface area contributed by atoms with Crippen molar-refractivity contribution < 1.29 is 22.4 Å². The molecular formula is C10H13F4NO. The lowest BCUT2D eigenvalue weighted by Gasteiger charge is -2.27. The van der Waals surface area contributed by atoms with E-state index in [2.05, 4.69) is 6.58 Å². The number of amides is 1. The maximum atomic E-state index is 12.9. The summed E-state index contributed by atoms with van der Waals surface area (Å²) < 4.78 is 49.8. The summed E-state index contributed by atoms with van der Waals surface area (Å²) in [6, 6.07) is -1.98. The minimum Gasteiger partial charge on any atom is -0.330 e. The largest absolute Gasteiger partial charge is 0.408 e. The fourth-order valence-corrected chi connectivity index (χ4v) is 0.885. The second-order valence-electron chi connectivity index (χ2n) is 3.25. The van der Waals surface area contributed by atoms with Crippen LogP contribution in [0.5, 0.6) is 0 Å². The Morgan fingerprint density at radius 1 is 1.44 bits per heavy atom. The molecule has 0 aliphatic rings. The van der Waals surface area contributed by atoms with Crippen LogP contribution in [0, 0.1) is 0 Å². The lowest BCUT2D eigenvalue weighted by molar-refractivity contribution is -0.180. The van der Waals surface area contributed by atoms with Crippen molar-refractivity contribution in [3.63, 3.8) is 0 Å². The predicted molar refractivity (Wildman–Crippen MR) is 52.3 cm³/mol. The van der Waals surface area contributed by atoms with Crippen molar-refractivity contribution in [3.05, 3.63) is 24.1 Å². The normalized spacial score (nSPS) is 14.6. The molecule has 0 aromatic rings. The minimum atomic E-state index is -4.54. The fraction of sp³-hybridized carbons (Fsp3) is 0.500. The zero-order valence-electron chi connectivity index (χ0n) is 9.23. The zero-order valence-corrected chi connectivity index (χ0v) is 9.23. The smallest absolute Gasteiger partial charge is 0.330 e. The molecule has 0 aliphatic heterocycles. The Kier molecular flexibility index (Phi) is 4.71. The summed E-state index contributed by atoms with van der Waals surface area (Å²) in [6.07, 6.45) is -3.58. The van der Waals surface area contributed by atoms with Crippen LogP contribution in [0.3, 0.4) is 0 Å². The molecule has 0 N–H and O–H groups in total. The highest BCUT2D eigenvalue weighted by Crippen LogP contribution is 2.25. The molecule has 0 heterocycles. The van der Waals surface area contributed by atoms with Gasteiger partial charge in [0.25, 0.3) is 5.91 Å². The Hall–Kier alpha value is -1.33. The quantitative estimate of drug-likeness (QED) is 0.421. The summed E-state index contributed by atoms with van der Waals surface area (Å²) in [5.74, 6) is -2.01. The molecule has 0 saturated carbocycles. The van der Waals surface area contributed by atoms with Gasteiger partial charge < -0.3 is 4.90 Å². The Morgan fingerprint density at radius 2 is 1.88 bits per heavy atom. The summed E-state index contributed by atoms with van der Waals surface area (Å²) in [5, 5.41) is 0. The van der Waals surface area contributed by atoms with Crippen LogP contribution in [0.25, 0.3) is 0 Å². The summed E-state index contributed by atoms with van der Waals surface area (Å²) in [7, 11) is 0.953. The van der Waals surface area contributed by atoms with Crippen LogP contribution in [-0.2, 0) is 4.79 Å². The van der Waals surface area contributed by atoms with Crippen LogP contribution in [0.1, 0.15) is 13.8 Å². The molecule has 1 amide bonds. The average molecular weight is 239 g/mol. The number of nitrogens with zero attached hydrogens (tertiary/aromatic N) is 1. The third-order valence-electron chi connectivity index (χ3n) is 2.17. The first kappa shape index (κ1) is 14.7. The van der Waals surface area contributed by atoms with E-state index in [4.69, 9.17) is 0 Å². The number of allylic oxidation sites excluding steroid dienone is 1. The first-order valence-corrected chi connectivity index (χ1v) is 4.47. The lowest BCUT2D eigenvalue weighted by Crippen LogP contribution is -2.45. The van der Waals surface area contributed by atoms with E-state index in [9.17, 15) is 22.4 Å². The lowest BCUT2D eigenvalue weighted by atomic mass is 10.2. The highest BCUT2D eigenvalue weighted by molar-refractivity contribution is 5.96. The van der Waals surface area contributed by atoms with Crippen molar-refractivity contribution in [2.24, 2.45) is 0 Å². The molecule has 0 radical (unpaired) electrons. The van der Waals surface area contributed by atoms with Crippen molar-refractivity contribution in [2.45, 2.75) is 26.1 Å². The van der Waals surface area contributed by atoms with Gasteiger partial charge in [-0.1, -0.05) is 12.7 Å². The maximum Gasteiger partial charge on any atom is 0.408 e. The summed E-state index contributed by atoms with van der Waals surface area (Å²) >= 11 is 0. The predicted octanol–water partition coefficient (Wildman–Crippen LogP) is 2.83. The molecule has 16 heavy (non-hydrogen) atoms. The van der Waals surface area contributed by atoms with Gasteiger partial charge in [0.15, 0.2) is 0 Å². The molecule has 0 rings (SSSR count). The fourth-order valence-electron chi connectivity index (χ4n) is 0.885. The van der Waals surface area contributed by atoms with E-state index in [-0.39, 0.29) is 0 Å². The van der Waals surface area contributed by atoms with Gasteiger partial charge in [-0.25, -0.2) is 4.39 Å².